The summed E-state index contributed by atoms with van der Waals surface area (Å²) < 4.78 is 13.2. The molecule has 0 unspecified atom stereocenters. The number of nitrogen functional groups attached to an aromatic ring is 1. The van der Waals surface area contributed by atoms with Crippen molar-refractivity contribution in [1.29, 1.82) is 0 Å². The highest BCUT2D eigenvalue weighted by Crippen LogP contribution is 2.31. The minimum absolute atomic E-state index is 0.687. The van der Waals surface area contributed by atoms with E-state index >= 15 is 0 Å². The summed E-state index contributed by atoms with van der Waals surface area (Å²) in [6.45, 7) is 5.43. The van der Waals surface area contributed by atoms with E-state index in [4.69, 9.17) is 15.2 Å². The number of benzene rings is 1. The lowest BCUT2D eigenvalue weighted by atomic mass is 10.1. The third kappa shape index (κ3) is 4.03. The van der Waals surface area contributed by atoms with E-state index in [9.17, 15) is 0 Å². The number of ether oxygens (including phenoxy) is 2. The molecule has 2 N–H and O–H groups in total. The summed E-state index contributed by atoms with van der Waals surface area (Å²) in [4.78, 5) is 2.41. The zero-order valence-electron chi connectivity index (χ0n) is 13.6. The van der Waals surface area contributed by atoms with E-state index in [1.54, 1.807) is 6.20 Å². The highest BCUT2D eigenvalue weighted by molar-refractivity contribution is 5.71. The van der Waals surface area contributed by atoms with Crippen molar-refractivity contribution in [2.45, 2.75) is 6.42 Å². The van der Waals surface area contributed by atoms with Crippen LogP contribution in [-0.4, -0.2) is 54.1 Å². The summed E-state index contributed by atoms with van der Waals surface area (Å²) in [7, 11) is 1.92. The molecule has 0 saturated carbocycles. The van der Waals surface area contributed by atoms with Gasteiger partial charge in [0.2, 0.25) is 0 Å². The maximum Gasteiger partial charge on any atom is 0.128 e. The molecule has 2 heterocycles. The van der Waals surface area contributed by atoms with Crippen molar-refractivity contribution in [2.75, 3.05) is 45.2 Å². The Morgan fingerprint density at radius 2 is 2.09 bits per heavy atom. The number of hydrogen-bond acceptors (Lipinski definition) is 5. The van der Waals surface area contributed by atoms with Crippen molar-refractivity contribution < 1.29 is 9.47 Å². The second-order valence-electron chi connectivity index (χ2n) is 5.75. The van der Waals surface area contributed by atoms with Gasteiger partial charge in [-0.25, -0.2) is 0 Å². The fraction of sp³-hybridized carbons (Fsp3) is 0.471. The Kier molecular flexibility index (Phi) is 5.15. The normalized spacial score (nSPS) is 15.7. The van der Waals surface area contributed by atoms with Gasteiger partial charge in [0, 0.05) is 44.1 Å². The van der Waals surface area contributed by atoms with Crippen molar-refractivity contribution in [2.24, 2.45) is 7.05 Å². The number of morpholine rings is 1. The molecule has 0 atom stereocenters. The van der Waals surface area contributed by atoms with E-state index in [1.807, 2.05) is 36.0 Å². The number of nitrogens with two attached hydrogens (primary N) is 1. The fourth-order valence-electron chi connectivity index (χ4n) is 2.81. The van der Waals surface area contributed by atoms with Gasteiger partial charge in [-0.05, 0) is 30.7 Å². The lowest BCUT2D eigenvalue weighted by molar-refractivity contribution is 0.0358. The van der Waals surface area contributed by atoms with Crippen LogP contribution in [0.15, 0.2) is 30.5 Å². The largest absolute Gasteiger partial charge is 0.493 e. The van der Waals surface area contributed by atoms with Gasteiger partial charge in [0.15, 0.2) is 0 Å². The molecule has 1 aromatic carbocycles. The Morgan fingerprint density at radius 3 is 2.83 bits per heavy atom. The van der Waals surface area contributed by atoms with Crippen LogP contribution in [0.25, 0.3) is 11.3 Å². The molecule has 1 aliphatic rings. The molecule has 0 amide bonds. The van der Waals surface area contributed by atoms with Crippen LogP contribution in [-0.2, 0) is 11.8 Å². The van der Waals surface area contributed by atoms with Gasteiger partial charge in [-0.3, -0.25) is 9.58 Å². The molecule has 1 fully saturated rings. The van der Waals surface area contributed by atoms with Gasteiger partial charge in [0.05, 0.1) is 25.5 Å². The molecule has 0 bridgehead atoms. The van der Waals surface area contributed by atoms with Crippen molar-refractivity contribution in [3.05, 3.63) is 30.5 Å². The standard InChI is InChI=1S/C17H24N4O2/c1-20-16(5-6-19-20)15-13-14(18)3-4-17(15)23-10-2-7-21-8-11-22-12-9-21/h3-6,13H,2,7-12,18H2,1H3. The first-order valence-electron chi connectivity index (χ1n) is 8.05. The number of anilines is 1. The molecular formula is C17H24N4O2. The highest BCUT2D eigenvalue weighted by atomic mass is 16.5. The summed E-state index contributed by atoms with van der Waals surface area (Å²) in [6, 6.07) is 7.72. The Hall–Kier alpha value is -2.05. The molecule has 124 valence electrons. The SMILES string of the molecule is Cn1nccc1-c1cc(N)ccc1OCCCN1CCOCC1. The van der Waals surface area contributed by atoms with Crippen LogP contribution in [0.5, 0.6) is 5.75 Å². The molecule has 0 spiro atoms. The molecule has 6 nitrogen and oxygen atoms in total. The molecule has 6 heteroatoms. The summed E-state index contributed by atoms with van der Waals surface area (Å²) in [5.74, 6) is 0.852. The smallest absolute Gasteiger partial charge is 0.128 e. The fourth-order valence-corrected chi connectivity index (χ4v) is 2.81. The summed E-state index contributed by atoms with van der Waals surface area (Å²) in [5.41, 5.74) is 8.64. The lowest BCUT2D eigenvalue weighted by Crippen LogP contribution is -2.37. The Bertz CT molecular complexity index is 635. The predicted molar refractivity (Wildman–Crippen MR) is 90.4 cm³/mol. The molecule has 3 rings (SSSR count). The van der Waals surface area contributed by atoms with Gasteiger partial charge < -0.3 is 15.2 Å². The van der Waals surface area contributed by atoms with Gasteiger partial charge in [0.1, 0.15) is 5.75 Å². The average Bonchev–Trinajstić information content (AvgIpc) is 2.99. The first-order valence-corrected chi connectivity index (χ1v) is 8.05. The van der Waals surface area contributed by atoms with Crippen molar-refractivity contribution in [3.8, 4) is 17.0 Å². The van der Waals surface area contributed by atoms with E-state index in [2.05, 4.69) is 10.00 Å². The van der Waals surface area contributed by atoms with Crippen molar-refractivity contribution >= 4 is 5.69 Å². The van der Waals surface area contributed by atoms with Gasteiger partial charge in [0.25, 0.3) is 0 Å². The van der Waals surface area contributed by atoms with Crippen LogP contribution in [0.4, 0.5) is 5.69 Å². The monoisotopic (exact) mass is 316 g/mol. The second-order valence-corrected chi connectivity index (χ2v) is 5.75. The number of aromatic nitrogens is 2. The average molecular weight is 316 g/mol. The summed E-state index contributed by atoms with van der Waals surface area (Å²) in [6.07, 6.45) is 2.77. The lowest BCUT2D eigenvalue weighted by Gasteiger charge is -2.26. The predicted octanol–water partition coefficient (Wildman–Crippen LogP) is 1.77. The van der Waals surface area contributed by atoms with E-state index in [0.29, 0.717) is 6.61 Å². The van der Waals surface area contributed by atoms with E-state index in [1.165, 1.54) is 0 Å². The Morgan fingerprint density at radius 1 is 1.26 bits per heavy atom. The number of hydrogen-bond donors (Lipinski definition) is 1. The van der Waals surface area contributed by atoms with Gasteiger partial charge in [-0.2, -0.15) is 5.10 Å². The molecule has 1 aromatic heterocycles. The minimum Gasteiger partial charge on any atom is -0.493 e. The zero-order chi connectivity index (χ0) is 16.1. The molecule has 2 aromatic rings. The molecule has 23 heavy (non-hydrogen) atoms. The van der Waals surface area contributed by atoms with Crippen LogP contribution in [0.3, 0.4) is 0 Å². The molecule has 1 aliphatic heterocycles. The molecular weight excluding hydrogens is 292 g/mol. The number of nitrogens with zero attached hydrogens (tertiary/aromatic N) is 3. The zero-order valence-corrected chi connectivity index (χ0v) is 13.6. The first kappa shape index (κ1) is 15.8. The third-order valence-corrected chi connectivity index (χ3v) is 4.08. The quantitative estimate of drug-likeness (QED) is 0.650. The van der Waals surface area contributed by atoms with Gasteiger partial charge in [-0.1, -0.05) is 0 Å². The van der Waals surface area contributed by atoms with Crippen LogP contribution in [0, 0.1) is 0 Å². The van der Waals surface area contributed by atoms with Gasteiger partial charge in [-0.15, -0.1) is 0 Å². The number of aryl methyl sites for hydroxylation is 1. The van der Waals surface area contributed by atoms with Gasteiger partial charge >= 0.3 is 0 Å². The molecule has 0 aliphatic carbocycles. The van der Waals surface area contributed by atoms with E-state index in [0.717, 1.165) is 62.0 Å². The summed E-state index contributed by atoms with van der Waals surface area (Å²) in [5, 5.41) is 4.22. The van der Waals surface area contributed by atoms with Crippen LogP contribution in [0.1, 0.15) is 6.42 Å². The second kappa shape index (κ2) is 7.48. The van der Waals surface area contributed by atoms with Crippen LogP contribution >= 0.6 is 0 Å². The van der Waals surface area contributed by atoms with Crippen LogP contribution < -0.4 is 10.5 Å². The van der Waals surface area contributed by atoms with E-state index in [-0.39, 0.29) is 0 Å². The first-order chi connectivity index (χ1) is 11.2. The van der Waals surface area contributed by atoms with E-state index < -0.39 is 0 Å². The Balaban J connectivity index is 1.60. The van der Waals surface area contributed by atoms with Crippen molar-refractivity contribution in [3.63, 3.8) is 0 Å². The third-order valence-electron chi connectivity index (χ3n) is 4.08. The van der Waals surface area contributed by atoms with Crippen molar-refractivity contribution in [1.82, 2.24) is 14.7 Å². The van der Waals surface area contributed by atoms with Crippen LogP contribution in [0.2, 0.25) is 0 Å². The maximum atomic E-state index is 6.01. The molecule has 1 saturated heterocycles. The number of rotatable bonds is 6. The maximum absolute atomic E-state index is 6.01. The molecule has 0 radical (unpaired) electrons. The Labute approximate surface area is 136 Å². The highest BCUT2D eigenvalue weighted by Gasteiger charge is 2.12. The topological polar surface area (TPSA) is 65.5 Å². The summed E-state index contributed by atoms with van der Waals surface area (Å²) >= 11 is 0. The minimum atomic E-state index is 0.687.